The Labute approximate surface area is 148 Å². The van der Waals surface area contributed by atoms with Gasteiger partial charge in [-0.05, 0) is 51.5 Å². The minimum absolute atomic E-state index is 0.0862. The average molecular weight is 343 g/mol. The lowest BCUT2D eigenvalue weighted by Crippen LogP contribution is -2.32. The van der Waals surface area contributed by atoms with Gasteiger partial charge in [-0.25, -0.2) is 9.48 Å². The number of carbonyl (C=O) groups excluding carboxylic acids is 2. The van der Waals surface area contributed by atoms with Crippen molar-refractivity contribution in [3.63, 3.8) is 0 Å². The molecule has 0 bridgehead atoms. The zero-order valence-corrected chi connectivity index (χ0v) is 15.2. The zero-order valence-electron chi connectivity index (χ0n) is 15.2. The second-order valence-corrected chi connectivity index (χ2v) is 5.99. The molecule has 0 aliphatic carbocycles. The lowest BCUT2D eigenvalue weighted by molar-refractivity contribution is 0.0525. The van der Waals surface area contributed by atoms with Crippen LogP contribution >= 0.6 is 0 Å². The van der Waals surface area contributed by atoms with Crippen LogP contribution in [0.4, 0.5) is 0 Å². The Kier molecular flexibility index (Phi) is 6.33. The van der Waals surface area contributed by atoms with E-state index in [1.54, 1.807) is 23.7 Å². The predicted molar refractivity (Wildman–Crippen MR) is 96.1 cm³/mol. The predicted octanol–water partition coefficient (Wildman–Crippen LogP) is 3.28. The molecule has 134 valence electrons. The van der Waals surface area contributed by atoms with E-state index in [-0.39, 0.29) is 17.9 Å². The van der Waals surface area contributed by atoms with Crippen molar-refractivity contribution in [1.82, 2.24) is 15.1 Å². The monoisotopic (exact) mass is 343 g/mol. The summed E-state index contributed by atoms with van der Waals surface area (Å²) in [6.45, 7) is 7.99. The molecule has 1 amide bonds. The molecule has 1 heterocycles. The van der Waals surface area contributed by atoms with Gasteiger partial charge in [0.15, 0.2) is 0 Å². The molecule has 0 saturated carbocycles. The van der Waals surface area contributed by atoms with Crippen molar-refractivity contribution in [1.29, 1.82) is 0 Å². The summed E-state index contributed by atoms with van der Waals surface area (Å²) in [5.41, 5.74) is 2.53. The molecule has 0 radical (unpaired) electrons. The van der Waals surface area contributed by atoms with Crippen LogP contribution in [0.5, 0.6) is 0 Å². The van der Waals surface area contributed by atoms with Crippen LogP contribution in [0.1, 0.15) is 60.0 Å². The van der Waals surface area contributed by atoms with Gasteiger partial charge in [0.1, 0.15) is 5.56 Å². The minimum Gasteiger partial charge on any atom is -0.462 e. The minimum atomic E-state index is -0.382. The summed E-state index contributed by atoms with van der Waals surface area (Å²) in [4.78, 5) is 24.1. The summed E-state index contributed by atoms with van der Waals surface area (Å²) in [5.74, 6) is -0.468. The molecule has 1 unspecified atom stereocenters. The van der Waals surface area contributed by atoms with Crippen molar-refractivity contribution in [2.24, 2.45) is 0 Å². The van der Waals surface area contributed by atoms with Crippen molar-refractivity contribution in [2.45, 2.75) is 46.6 Å². The standard InChI is InChI=1S/C19H25N3O3/c1-5-7-13(3)21-18(23)15-8-10-16(11-9-15)22-14(4)17(12-20-22)19(24)25-6-2/h8-13H,5-7H2,1-4H3,(H,21,23). The summed E-state index contributed by atoms with van der Waals surface area (Å²) >= 11 is 0. The highest BCUT2D eigenvalue weighted by Crippen LogP contribution is 2.16. The third kappa shape index (κ3) is 4.47. The van der Waals surface area contributed by atoms with Crippen molar-refractivity contribution < 1.29 is 14.3 Å². The Bertz CT molecular complexity index is 735. The van der Waals surface area contributed by atoms with E-state index in [1.807, 2.05) is 26.0 Å². The molecule has 1 aromatic heterocycles. The normalized spacial score (nSPS) is 11.8. The molecule has 2 aromatic rings. The van der Waals surface area contributed by atoms with E-state index in [1.165, 1.54) is 6.20 Å². The maximum Gasteiger partial charge on any atom is 0.341 e. The number of nitrogens with one attached hydrogen (secondary N) is 1. The highest BCUT2D eigenvalue weighted by molar-refractivity contribution is 5.94. The van der Waals surface area contributed by atoms with E-state index in [0.29, 0.717) is 23.4 Å². The molecule has 1 atom stereocenters. The Morgan fingerprint density at radius 1 is 1.24 bits per heavy atom. The van der Waals surface area contributed by atoms with E-state index >= 15 is 0 Å². The fraction of sp³-hybridized carbons (Fsp3) is 0.421. The van der Waals surface area contributed by atoms with E-state index in [9.17, 15) is 9.59 Å². The average Bonchev–Trinajstić information content (AvgIpc) is 2.97. The number of nitrogens with zero attached hydrogens (tertiary/aromatic N) is 2. The Hall–Kier alpha value is -2.63. The molecule has 25 heavy (non-hydrogen) atoms. The van der Waals surface area contributed by atoms with Crippen LogP contribution in [0.2, 0.25) is 0 Å². The van der Waals surface area contributed by atoms with E-state index in [4.69, 9.17) is 4.74 Å². The maximum absolute atomic E-state index is 12.2. The van der Waals surface area contributed by atoms with Gasteiger partial charge >= 0.3 is 5.97 Å². The highest BCUT2D eigenvalue weighted by Gasteiger charge is 2.16. The van der Waals surface area contributed by atoms with Gasteiger partial charge in [0.25, 0.3) is 5.91 Å². The summed E-state index contributed by atoms with van der Waals surface area (Å²) in [5, 5.41) is 7.23. The van der Waals surface area contributed by atoms with Crippen molar-refractivity contribution in [3.8, 4) is 5.69 Å². The third-order valence-corrected chi connectivity index (χ3v) is 3.98. The number of amides is 1. The van der Waals surface area contributed by atoms with Crippen LogP contribution < -0.4 is 5.32 Å². The van der Waals surface area contributed by atoms with Crippen molar-refractivity contribution in [2.75, 3.05) is 6.61 Å². The number of aromatic nitrogens is 2. The number of esters is 1. The first-order valence-corrected chi connectivity index (χ1v) is 8.60. The number of benzene rings is 1. The Morgan fingerprint density at radius 2 is 1.92 bits per heavy atom. The molecule has 1 aromatic carbocycles. The number of hydrogen-bond acceptors (Lipinski definition) is 4. The molecule has 6 heteroatoms. The number of ether oxygens (including phenoxy) is 1. The fourth-order valence-electron chi connectivity index (χ4n) is 2.65. The molecular formula is C19H25N3O3. The van der Waals surface area contributed by atoms with Crippen molar-refractivity contribution >= 4 is 11.9 Å². The van der Waals surface area contributed by atoms with Crippen LogP contribution in [0.15, 0.2) is 30.5 Å². The zero-order chi connectivity index (χ0) is 18.4. The number of carbonyl (C=O) groups is 2. The second kappa shape index (κ2) is 8.46. The Morgan fingerprint density at radius 3 is 2.52 bits per heavy atom. The molecule has 2 rings (SSSR count). The van der Waals surface area contributed by atoms with Crippen LogP contribution in [-0.2, 0) is 4.74 Å². The lowest BCUT2D eigenvalue weighted by atomic mass is 10.1. The smallest absolute Gasteiger partial charge is 0.341 e. The molecule has 0 aliphatic rings. The van der Waals surface area contributed by atoms with Gasteiger partial charge in [0, 0.05) is 11.6 Å². The first-order valence-electron chi connectivity index (χ1n) is 8.60. The van der Waals surface area contributed by atoms with Gasteiger partial charge in [-0.1, -0.05) is 13.3 Å². The maximum atomic E-state index is 12.2. The fourth-order valence-corrected chi connectivity index (χ4v) is 2.65. The van der Waals surface area contributed by atoms with Gasteiger partial charge in [0.05, 0.1) is 24.2 Å². The van der Waals surface area contributed by atoms with Gasteiger partial charge < -0.3 is 10.1 Å². The molecule has 0 fully saturated rings. The topological polar surface area (TPSA) is 73.2 Å². The van der Waals surface area contributed by atoms with E-state index < -0.39 is 0 Å². The SMILES string of the molecule is CCCC(C)NC(=O)c1ccc(-n2ncc(C(=O)OCC)c2C)cc1. The van der Waals surface area contributed by atoms with E-state index in [2.05, 4.69) is 17.3 Å². The molecule has 1 N–H and O–H groups in total. The first-order chi connectivity index (χ1) is 12.0. The van der Waals surface area contributed by atoms with Gasteiger partial charge in [-0.15, -0.1) is 0 Å². The largest absolute Gasteiger partial charge is 0.462 e. The first kappa shape index (κ1) is 18.7. The molecule has 0 spiro atoms. The third-order valence-electron chi connectivity index (χ3n) is 3.98. The van der Waals surface area contributed by atoms with Crippen LogP contribution in [-0.4, -0.2) is 34.3 Å². The molecule has 0 aliphatic heterocycles. The summed E-state index contributed by atoms with van der Waals surface area (Å²) < 4.78 is 6.68. The van der Waals surface area contributed by atoms with E-state index in [0.717, 1.165) is 18.5 Å². The van der Waals surface area contributed by atoms with Crippen LogP contribution in [0.25, 0.3) is 5.69 Å². The van der Waals surface area contributed by atoms with Crippen molar-refractivity contribution in [3.05, 3.63) is 47.3 Å². The quantitative estimate of drug-likeness (QED) is 0.783. The molecule has 0 saturated heterocycles. The number of hydrogen-bond donors (Lipinski definition) is 1. The summed E-state index contributed by atoms with van der Waals surface area (Å²) in [6, 6.07) is 7.30. The van der Waals surface area contributed by atoms with Gasteiger partial charge in [0.2, 0.25) is 0 Å². The van der Waals surface area contributed by atoms with Crippen LogP contribution in [0, 0.1) is 6.92 Å². The molecular weight excluding hydrogens is 318 g/mol. The summed E-state index contributed by atoms with van der Waals surface area (Å²) in [7, 11) is 0. The highest BCUT2D eigenvalue weighted by atomic mass is 16.5. The van der Waals surface area contributed by atoms with Crippen LogP contribution in [0.3, 0.4) is 0 Å². The summed E-state index contributed by atoms with van der Waals surface area (Å²) in [6.07, 6.45) is 3.48. The Balaban J connectivity index is 2.15. The lowest BCUT2D eigenvalue weighted by Gasteiger charge is -2.13. The molecule has 6 nitrogen and oxygen atoms in total. The number of rotatable bonds is 7. The second-order valence-electron chi connectivity index (χ2n) is 5.99. The van der Waals surface area contributed by atoms with Gasteiger partial charge in [-0.2, -0.15) is 5.10 Å². The van der Waals surface area contributed by atoms with Gasteiger partial charge in [-0.3, -0.25) is 4.79 Å².